The van der Waals surface area contributed by atoms with Crippen molar-refractivity contribution in [2.75, 3.05) is 7.05 Å². The summed E-state index contributed by atoms with van der Waals surface area (Å²) in [5, 5.41) is 2.34. The van der Waals surface area contributed by atoms with Crippen molar-refractivity contribution in [3.8, 4) is 0 Å². The molecule has 0 aromatic rings. The van der Waals surface area contributed by atoms with Crippen LogP contribution in [0.15, 0.2) is 24.4 Å². The van der Waals surface area contributed by atoms with Crippen molar-refractivity contribution in [3.63, 3.8) is 0 Å². The van der Waals surface area contributed by atoms with Gasteiger partial charge in [0.1, 0.15) is 0 Å². The first-order valence-corrected chi connectivity index (χ1v) is 2.51. The molecule has 0 aliphatic carbocycles. The van der Waals surface area contributed by atoms with E-state index in [0.717, 1.165) is 0 Å². The van der Waals surface area contributed by atoms with Crippen molar-refractivity contribution in [2.24, 2.45) is 0 Å². The summed E-state index contributed by atoms with van der Waals surface area (Å²) in [4.78, 5) is 0. The summed E-state index contributed by atoms with van der Waals surface area (Å²) in [7, 11) is 1.45. The van der Waals surface area contributed by atoms with E-state index in [0.29, 0.717) is 0 Å². The lowest BCUT2D eigenvalue weighted by molar-refractivity contribution is 0.182. The van der Waals surface area contributed by atoms with Crippen molar-refractivity contribution in [2.45, 2.75) is 6.43 Å². The van der Waals surface area contributed by atoms with Crippen LogP contribution in [0, 0.1) is 0 Å². The Morgan fingerprint density at radius 2 is 2.22 bits per heavy atom. The number of nitrogens with one attached hydrogen (secondary N) is 1. The second-order valence-electron chi connectivity index (χ2n) is 1.41. The zero-order valence-corrected chi connectivity index (χ0v) is 5.20. The van der Waals surface area contributed by atoms with Gasteiger partial charge in [0, 0.05) is 7.05 Å². The number of rotatable bonds is 3. The lowest BCUT2D eigenvalue weighted by Gasteiger charge is -2.01. The van der Waals surface area contributed by atoms with Gasteiger partial charge in [-0.1, -0.05) is 12.7 Å². The monoisotopic (exact) mass is 133 g/mol. The van der Waals surface area contributed by atoms with Gasteiger partial charge in [0.15, 0.2) is 0 Å². The van der Waals surface area contributed by atoms with Crippen molar-refractivity contribution in [1.29, 1.82) is 0 Å². The van der Waals surface area contributed by atoms with E-state index in [4.69, 9.17) is 0 Å². The van der Waals surface area contributed by atoms with E-state index in [1.165, 1.54) is 19.2 Å². The van der Waals surface area contributed by atoms with E-state index in [1.54, 1.807) is 0 Å². The van der Waals surface area contributed by atoms with Crippen LogP contribution < -0.4 is 5.32 Å². The Morgan fingerprint density at radius 3 is 2.33 bits per heavy atom. The molecule has 0 fully saturated rings. The SMILES string of the molecule is C=C/C=C(\NC)C(F)F. The van der Waals surface area contributed by atoms with Gasteiger partial charge in [-0.25, -0.2) is 8.78 Å². The molecule has 3 heteroatoms. The largest absolute Gasteiger partial charge is 0.387 e. The molecule has 0 radical (unpaired) electrons. The van der Waals surface area contributed by atoms with Crippen LogP contribution in [0.5, 0.6) is 0 Å². The molecular weight excluding hydrogens is 124 g/mol. The highest BCUT2D eigenvalue weighted by Gasteiger charge is 2.05. The summed E-state index contributed by atoms with van der Waals surface area (Å²) in [5.74, 6) is 0. The maximum atomic E-state index is 11.7. The highest BCUT2D eigenvalue weighted by Crippen LogP contribution is 2.02. The summed E-state index contributed by atoms with van der Waals surface area (Å²) < 4.78 is 23.4. The van der Waals surface area contributed by atoms with Gasteiger partial charge in [-0.05, 0) is 6.08 Å². The lowest BCUT2D eigenvalue weighted by Crippen LogP contribution is -2.12. The molecule has 0 rings (SSSR count). The minimum atomic E-state index is -2.44. The Hall–Kier alpha value is -0.860. The Labute approximate surface area is 53.1 Å². The average molecular weight is 133 g/mol. The maximum absolute atomic E-state index is 11.7. The third kappa shape index (κ3) is 2.85. The Morgan fingerprint density at radius 1 is 1.67 bits per heavy atom. The second-order valence-corrected chi connectivity index (χ2v) is 1.41. The molecular formula is C6H9F2N. The van der Waals surface area contributed by atoms with E-state index < -0.39 is 6.43 Å². The molecule has 9 heavy (non-hydrogen) atoms. The van der Waals surface area contributed by atoms with Gasteiger partial charge in [-0.3, -0.25) is 0 Å². The normalized spacial score (nSPS) is 11.8. The molecule has 0 aliphatic heterocycles. The molecule has 0 saturated heterocycles. The summed E-state index contributed by atoms with van der Waals surface area (Å²) >= 11 is 0. The van der Waals surface area contributed by atoms with E-state index in [1.807, 2.05) is 0 Å². The molecule has 0 aliphatic rings. The Balaban J connectivity index is 3.96. The van der Waals surface area contributed by atoms with Gasteiger partial charge in [-0.15, -0.1) is 0 Å². The predicted molar refractivity (Wildman–Crippen MR) is 33.3 cm³/mol. The molecule has 52 valence electrons. The predicted octanol–water partition coefficient (Wildman–Crippen LogP) is 1.54. The van der Waals surface area contributed by atoms with Crippen LogP contribution in [0.25, 0.3) is 0 Å². The minimum absolute atomic E-state index is 0.106. The summed E-state index contributed by atoms with van der Waals surface area (Å²) in [6, 6.07) is 0. The quantitative estimate of drug-likeness (QED) is 0.576. The van der Waals surface area contributed by atoms with Crippen LogP contribution in [-0.4, -0.2) is 13.5 Å². The fourth-order valence-corrected chi connectivity index (χ4v) is 0.392. The van der Waals surface area contributed by atoms with Gasteiger partial charge in [-0.2, -0.15) is 0 Å². The Kier molecular flexibility index (Phi) is 3.67. The molecule has 1 nitrogen and oxygen atoms in total. The summed E-state index contributed by atoms with van der Waals surface area (Å²) in [6.45, 7) is 3.28. The molecule has 0 aromatic heterocycles. The van der Waals surface area contributed by atoms with Crippen molar-refractivity contribution in [1.82, 2.24) is 5.32 Å². The number of halogens is 2. The van der Waals surface area contributed by atoms with Gasteiger partial charge in [0.05, 0.1) is 5.70 Å². The minimum Gasteiger partial charge on any atom is -0.387 e. The summed E-state index contributed by atoms with van der Waals surface area (Å²) in [6.07, 6.45) is 0.121. The van der Waals surface area contributed by atoms with Crippen molar-refractivity contribution < 1.29 is 8.78 Å². The first kappa shape index (κ1) is 8.14. The number of hydrogen-bond donors (Lipinski definition) is 1. The van der Waals surface area contributed by atoms with Gasteiger partial charge in [0.2, 0.25) is 0 Å². The van der Waals surface area contributed by atoms with Crippen LogP contribution >= 0.6 is 0 Å². The van der Waals surface area contributed by atoms with E-state index >= 15 is 0 Å². The molecule has 0 unspecified atom stereocenters. The molecule has 0 aromatic carbocycles. The van der Waals surface area contributed by atoms with Gasteiger partial charge < -0.3 is 5.32 Å². The first-order valence-electron chi connectivity index (χ1n) is 2.51. The van der Waals surface area contributed by atoms with Crippen molar-refractivity contribution in [3.05, 3.63) is 24.4 Å². The van der Waals surface area contributed by atoms with Crippen LogP contribution in [0.2, 0.25) is 0 Å². The second kappa shape index (κ2) is 4.06. The zero-order valence-electron chi connectivity index (χ0n) is 5.20. The molecule has 0 atom stereocenters. The number of allylic oxidation sites excluding steroid dienone is 3. The van der Waals surface area contributed by atoms with Crippen LogP contribution in [0.1, 0.15) is 0 Å². The number of alkyl halides is 2. The highest BCUT2D eigenvalue weighted by atomic mass is 19.3. The molecule has 0 heterocycles. The van der Waals surface area contributed by atoms with Crippen LogP contribution in [0.3, 0.4) is 0 Å². The fourth-order valence-electron chi connectivity index (χ4n) is 0.392. The fraction of sp³-hybridized carbons (Fsp3) is 0.333. The smallest absolute Gasteiger partial charge is 0.277 e. The maximum Gasteiger partial charge on any atom is 0.277 e. The lowest BCUT2D eigenvalue weighted by atomic mass is 10.4. The van der Waals surface area contributed by atoms with Crippen LogP contribution in [-0.2, 0) is 0 Å². The third-order valence-corrected chi connectivity index (χ3v) is 0.821. The first-order chi connectivity index (χ1) is 4.22. The molecule has 1 N–H and O–H groups in total. The Bertz CT molecular complexity index is 118. The standard InChI is InChI=1S/C6H9F2N/c1-3-4-5(9-2)6(7)8/h3-4,6,9H,1H2,2H3/b5-4-. The van der Waals surface area contributed by atoms with Gasteiger partial charge >= 0.3 is 0 Å². The third-order valence-electron chi connectivity index (χ3n) is 0.821. The zero-order chi connectivity index (χ0) is 7.28. The highest BCUT2D eigenvalue weighted by molar-refractivity contribution is 5.09. The average Bonchev–Trinajstić information content (AvgIpc) is 1.82. The molecule has 0 spiro atoms. The van der Waals surface area contributed by atoms with Gasteiger partial charge in [0.25, 0.3) is 6.43 Å². The van der Waals surface area contributed by atoms with E-state index in [2.05, 4.69) is 11.9 Å². The molecule has 0 amide bonds. The molecule has 0 bridgehead atoms. The molecule has 0 saturated carbocycles. The summed E-state index contributed by atoms with van der Waals surface area (Å²) in [5.41, 5.74) is -0.106. The number of hydrogen-bond acceptors (Lipinski definition) is 1. The van der Waals surface area contributed by atoms with Crippen molar-refractivity contribution >= 4 is 0 Å². The van der Waals surface area contributed by atoms with E-state index in [9.17, 15) is 8.78 Å². The van der Waals surface area contributed by atoms with Crippen LogP contribution in [0.4, 0.5) is 8.78 Å². The topological polar surface area (TPSA) is 12.0 Å². The van der Waals surface area contributed by atoms with E-state index in [-0.39, 0.29) is 5.70 Å².